The Morgan fingerprint density at radius 2 is 2.11 bits per heavy atom. The molecule has 1 aliphatic carbocycles. The highest BCUT2D eigenvalue weighted by molar-refractivity contribution is 5.78. The summed E-state index contributed by atoms with van der Waals surface area (Å²) >= 11 is 0. The molecule has 2 rings (SSSR count). The molecule has 4 heteroatoms. The van der Waals surface area contributed by atoms with E-state index in [1.807, 2.05) is 0 Å². The molecule has 4 nitrogen and oxygen atoms in total. The molecule has 19 heavy (non-hydrogen) atoms. The van der Waals surface area contributed by atoms with Crippen LogP contribution in [0.25, 0.3) is 0 Å². The van der Waals surface area contributed by atoms with Crippen molar-refractivity contribution < 1.29 is 14.3 Å². The second kappa shape index (κ2) is 5.80. The SMILES string of the molecule is CC[C@@H](NC[C@]1(C)CCCO1)C1(C(=O)OC)CCC1. The Balaban J connectivity index is 1.97. The quantitative estimate of drug-likeness (QED) is 0.751. The number of carbonyl (C=O) groups excluding carboxylic acids is 1. The van der Waals surface area contributed by atoms with Crippen molar-refractivity contribution in [3.8, 4) is 0 Å². The zero-order chi connectivity index (χ0) is 13.9. The van der Waals surface area contributed by atoms with Gasteiger partial charge < -0.3 is 14.8 Å². The number of rotatable bonds is 6. The summed E-state index contributed by atoms with van der Waals surface area (Å²) < 4.78 is 10.8. The molecule has 0 aromatic carbocycles. The van der Waals surface area contributed by atoms with Gasteiger partial charge in [-0.3, -0.25) is 4.79 Å². The molecule has 0 amide bonds. The first-order valence-electron chi connectivity index (χ1n) is 7.52. The normalized spacial score (nSPS) is 30.7. The first kappa shape index (κ1) is 14.8. The van der Waals surface area contributed by atoms with Gasteiger partial charge in [0.25, 0.3) is 0 Å². The van der Waals surface area contributed by atoms with Gasteiger partial charge in [0.2, 0.25) is 0 Å². The van der Waals surface area contributed by atoms with Crippen LogP contribution in [-0.4, -0.2) is 37.9 Å². The maximum absolute atomic E-state index is 12.1. The lowest BCUT2D eigenvalue weighted by atomic mass is 9.63. The maximum Gasteiger partial charge on any atom is 0.313 e. The second-order valence-corrected chi connectivity index (χ2v) is 6.24. The summed E-state index contributed by atoms with van der Waals surface area (Å²) in [4.78, 5) is 12.1. The van der Waals surface area contributed by atoms with Crippen molar-refractivity contribution in [1.82, 2.24) is 5.32 Å². The first-order valence-corrected chi connectivity index (χ1v) is 7.52. The number of esters is 1. The fraction of sp³-hybridized carbons (Fsp3) is 0.933. The minimum atomic E-state index is -0.293. The Kier molecular flexibility index (Phi) is 4.51. The topological polar surface area (TPSA) is 47.6 Å². The average molecular weight is 269 g/mol. The number of nitrogens with one attached hydrogen (secondary N) is 1. The Bertz CT molecular complexity index is 319. The lowest BCUT2D eigenvalue weighted by Crippen LogP contribution is -2.56. The van der Waals surface area contributed by atoms with E-state index in [9.17, 15) is 4.79 Å². The zero-order valence-electron chi connectivity index (χ0n) is 12.5. The summed E-state index contributed by atoms with van der Waals surface area (Å²) in [5, 5.41) is 3.58. The summed E-state index contributed by atoms with van der Waals surface area (Å²) in [6, 6.07) is 0.203. The predicted molar refractivity (Wildman–Crippen MR) is 74.0 cm³/mol. The fourth-order valence-corrected chi connectivity index (χ4v) is 3.50. The van der Waals surface area contributed by atoms with Gasteiger partial charge in [0.15, 0.2) is 0 Å². The lowest BCUT2D eigenvalue weighted by Gasteiger charge is -2.46. The molecule has 110 valence electrons. The molecule has 1 saturated carbocycles. The van der Waals surface area contributed by atoms with E-state index in [1.165, 1.54) is 7.11 Å². The third kappa shape index (κ3) is 2.79. The summed E-state index contributed by atoms with van der Waals surface area (Å²) in [5.74, 6) is -0.0457. The van der Waals surface area contributed by atoms with E-state index in [4.69, 9.17) is 9.47 Å². The summed E-state index contributed by atoms with van der Waals surface area (Å²) in [6.07, 6.45) is 6.20. The Morgan fingerprint density at radius 3 is 2.53 bits per heavy atom. The van der Waals surface area contributed by atoms with Crippen LogP contribution in [-0.2, 0) is 14.3 Å². The van der Waals surface area contributed by atoms with Gasteiger partial charge in [-0.2, -0.15) is 0 Å². The molecule has 1 heterocycles. The van der Waals surface area contributed by atoms with Gasteiger partial charge in [0.05, 0.1) is 18.1 Å². The highest BCUT2D eigenvalue weighted by atomic mass is 16.5. The molecule has 0 aromatic rings. The monoisotopic (exact) mass is 269 g/mol. The van der Waals surface area contributed by atoms with Crippen molar-refractivity contribution in [2.45, 2.75) is 64.0 Å². The van der Waals surface area contributed by atoms with Gasteiger partial charge >= 0.3 is 5.97 Å². The van der Waals surface area contributed by atoms with E-state index in [1.54, 1.807) is 0 Å². The van der Waals surface area contributed by atoms with Gasteiger partial charge in [-0.15, -0.1) is 0 Å². The van der Waals surface area contributed by atoms with Crippen molar-refractivity contribution in [3.63, 3.8) is 0 Å². The molecule has 0 unspecified atom stereocenters. The Hall–Kier alpha value is -0.610. The highest BCUT2D eigenvalue weighted by Crippen LogP contribution is 2.46. The van der Waals surface area contributed by atoms with Crippen molar-refractivity contribution in [2.24, 2.45) is 5.41 Å². The maximum atomic E-state index is 12.1. The summed E-state index contributed by atoms with van der Waals surface area (Å²) in [6.45, 7) is 5.98. The molecule has 1 N–H and O–H groups in total. The summed E-state index contributed by atoms with van der Waals surface area (Å²) in [5.41, 5.74) is -0.354. The molecule has 0 spiro atoms. The standard InChI is InChI=1S/C15H27NO3/c1-4-12(15(8-5-9-15)13(17)18-3)16-11-14(2)7-6-10-19-14/h12,16H,4-11H2,1-3H3/t12-,14+/m1/s1. The van der Waals surface area contributed by atoms with Crippen molar-refractivity contribution in [2.75, 3.05) is 20.3 Å². The number of hydrogen-bond acceptors (Lipinski definition) is 4. The third-order valence-electron chi connectivity index (χ3n) is 4.94. The van der Waals surface area contributed by atoms with E-state index in [0.717, 1.165) is 51.7 Å². The van der Waals surface area contributed by atoms with Crippen molar-refractivity contribution >= 4 is 5.97 Å². The molecule has 2 fully saturated rings. The number of hydrogen-bond donors (Lipinski definition) is 1. The van der Waals surface area contributed by atoms with Crippen molar-refractivity contribution in [3.05, 3.63) is 0 Å². The van der Waals surface area contributed by atoms with Crippen LogP contribution in [0.5, 0.6) is 0 Å². The van der Waals surface area contributed by atoms with Crippen LogP contribution in [0.15, 0.2) is 0 Å². The zero-order valence-corrected chi connectivity index (χ0v) is 12.5. The van der Waals surface area contributed by atoms with E-state index < -0.39 is 0 Å². The van der Waals surface area contributed by atoms with Crippen LogP contribution >= 0.6 is 0 Å². The highest BCUT2D eigenvalue weighted by Gasteiger charge is 2.51. The molecule has 2 aliphatic rings. The number of methoxy groups -OCH3 is 1. The Morgan fingerprint density at radius 1 is 1.37 bits per heavy atom. The number of ether oxygens (including phenoxy) is 2. The van der Waals surface area contributed by atoms with Crippen LogP contribution in [0.4, 0.5) is 0 Å². The third-order valence-corrected chi connectivity index (χ3v) is 4.94. The second-order valence-electron chi connectivity index (χ2n) is 6.24. The first-order chi connectivity index (χ1) is 9.06. The van der Waals surface area contributed by atoms with Gasteiger partial charge in [-0.05, 0) is 39.0 Å². The minimum Gasteiger partial charge on any atom is -0.469 e. The van der Waals surface area contributed by atoms with Gasteiger partial charge in [0.1, 0.15) is 0 Å². The fourth-order valence-electron chi connectivity index (χ4n) is 3.50. The van der Waals surface area contributed by atoms with Gasteiger partial charge in [-0.1, -0.05) is 13.3 Å². The molecular formula is C15H27NO3. The number of carbonyl (C=O) groups is 1. The molecule has 0 radical (unpaired) electrons. The van der Waals surface area contributed by atoms with Crippen LogP contribution in [0.2, 0.25) is 0 Å². The molecule has 1 saturated heterocycles. The van der Waals surface area contributed by atoms with Crippen LogP contribution in [0, 0.1) is 5.41 Å². The van der Waals surface area contributed by atoms with Crippen molar-refractivity contribution in [1.29, 1.82) is 0 Å². The summed E-state index contributed by atoms with van der Waals surface area (Å²) in [7, 11) is 1.50. The molecule has 0 aromatic heterocycles. The molecule has 0 bridgehead atoms. The molecule has 2 atom stereocenters. The smallest absolute Gasteiger partial charge is 0.313 e. The van der Waals surface area contributed by atoms with E-state index in [0.29, 0.717) is 0 Å². The predicted octanol–water partition coefficient (Wildman–Crippen LogP) is 2.27. The van der Waals surface area contributed by atoms with E-state index in [2.05, 4.69) is 19.2 Å². The van der Waals surface area contributed by atoms with E-state index in [-0.39, 0.29) is 23.0 Å². The lowest BCUT2D eigenvalue weighted by molar-refractivity contribution is -0.161. The largest absolute Gasteiger partial charge is 0.469 e. The minimum absolute atomic E-state index is 0.0457. The van der Waals surface area contributed by atoms with Crippen LogP contribution in [0.1, 0.15) is 52.4 Å². The molecular weight excluding hydrogens is 242 g/mol. The van der Waals surface area contributed by atoms with Crippen LogP contribution in [0.3, 0.4) is 0 Å². The van der Waals surface area contributed by atoms with E-state index >= 15 is 0 Å². The average Bonchev–Trinajstić information content (AvgIpc) is 2.78. The van der Waals surface area contributed by atoms with Gasteiger partial charge in [-0.25, -0.2) is 0 Å². The molecule has 1 aliphatic heterocycles. The van der Waals surface area contributed by atoms with Gasteiger partial charge in [0, 0.05) is 19.2 Å². The van der Waals surface area contributed by atoms with Crippen LogP contribution < -0.4 is 5.32 Å². The Labute approximate surface area is 116 Å².